The minimum Gasteiger partial charge on any atom is -0.481 e. The van der Waals surface area contributed by atoms with Crippen LogP contribution in [-0.4, -0.2) is 111 Å². The lowest BCUT2D eigenvalue weighted by atomic mass is 9.96. The van der Waals surface area contributed by atoms with E-state index in [1.807, 2.05) is 13.8 Å². The van der Waals surface area contributed by atoms with Crippen LogP contribution in [0.5, 0.6) is 0 Å². The monoisotopic (exact) mass is 624 g/mol. The lowest BCUT2D eigenvalue weighted by Crippen LogP contribution is -2.60. The van der Waals surface area contributed by atoms with Crippen molar-refractivity contribution in [1.82, 2.24) is 25.8 Å². The van der Waals surface area contributed by atoms with E-state index in [0.717, 1.165) is 0 Å². The maximum absolute atomic E-state index is 13.8. The minimum absolute atomic E-state index is 0.00315. The second kappa shape index (κ2) is 16.4. The Morgan fingerprint density at radius 3 is 1.73 bits per heavy atom. The molecular formula is C29H48N6O9. The van der Waals surface area contributed by atoms with E-state index in [2.05, 4.69) is 16.0 Å². The Hall–Kier alpha value is -3.75. The van der Waals surface area contributed by atoms with Gasteiger partial charge in [-0.25, -0.2) is 4.79 Å². The number of nitrogens with one attached hydrogen (secondary N) is 3. The van der Waals surface area contributed by atoms with Crippen molar-refractivity contribution in [3.8, 4) is 0 Å². The third kappa shape index (κ3) is 9.63. The molecule has 0 aromatic rings. The van der Waals surface area contributed by atoms with Gasteiger partial charge in [-0.2, -0.15) is 0 Å². The quantitative estimate of drug-likeness (QED) is 0.136. The molecule has 2 rings (SSSR count). The molecule has 0 aromatic heterocycles. The Morgan fingerprint density at radius 1 is 0.795 bits per heavy atom. The highest BCUT2D eigenvalue weighted by atomic mass is 16.4. The summed E-state index contributed by atoms with van der Waals surface area (Å²) in [6.45, 7) is 9.18. The zero-order chi connectivity index (χ0) is 33.3. The van der Waals surface area contributed by atoms with E-state index in [9.17, 15) is 43.8 Å². The highest BCUT2D eigenvalue weighted by Gasteiger charge is 2.42. The van der Waals surface area contributed by atoms with Crippen molar-refractivity contribution in [2.24, 2.45) is 17.6 Å². The van der Waals surface area contributed by atoms with Crippen molar-refractivity contribution in [2.75, 3.05) is 13.1 Å². The number of hydrogen-bond donors (Lipinski definition) is 6. The molecule has 7 N–H and O–H groups in total. The van der Waals surface area contributed by atoms with Gasteiger partial charge >= 0.3 is 11.9 Å². The van der Waals surface area contributed by atoms with E-state index < -0.39 is 90.1 Å². The van der Waals surface area contributed by atoms with Gasteiger partial charge in [-0.3, -0.25) is 28.8 Å². The topological polar surface area (TPSA) is 229 Å². The zero-order valence-electron chi connectivity index (χ0n) is 26.2. The molecule has 5 amide bonds. The van der Waals surface area contributed by atoms with Crippen molar-refractivity contribution in [2.45, 2.75) is 116 Å². The fourth-order valence-electron chi connectivity index (χ4n) is 5.60. The number of likely N-dealkylation sites (tertiary alicyclic amines) is 2. The molecule has 0 saturated carbocycles. The molecule has 0 aromatic carbocycles. The molecule has 0 bridgehead atoms. The summed E-state index contributed by atoms with van der Waals surface area (Å²) in [6.07, 6.45) is 1.54. The van der Waals surface area contributed by atoms with Gasteiger partial charge in [0, 0.05) is 13.1 Å². The maximum Gasteiger partial charge on any atom is 0.326 e. The van der Waals surface area contributed by atoms with Crippen molar-refractivity contribution >= 4 is 41.5 Å². The van der Waals surface area contributed by atoms with Crippen LogP contribution in [0.3, 0.4) is 0 Å². The second-order valence-electron chi connectivity index (χ2n) is 12.2. The predicted octanol–water partition coefficient (Wildman–Crippen LogP) is -0.578. The summed E-state index contributed by atoms with van der Waals surface area (Å²) in [5.74, 6) is -6.17. The Balaban J connectivity index is 2.23. The van der Waals surface area contributed by atoms with Gasteiger partial charge in [0.1, 0.15) is 30.2 Å². The first kappa shape index (κ1) is 36.4. The van der Waals surface area contributed by atoms with Crippen LogP contribution in [0.25, 0.3) is 0 Å². The Morgan fingerprint density at radius 2 is 1.30 bits per heavy atom. The second-order valence-corrected chi connectivity index (χ2v) is 12.2. The van der Waals surface area contributed by atoms with Gasteiger partial charge in [0.05, 0.1) is 12.5 Å². The fraction of sp³-hybridized carbons (Fsp3) is 0.759. The van der Waals surface area contributed by atoms with Crippen LogP contribution in [0, 0.1) is 11.8 Å². The van der Waals surface area contributed by atoms with E-state index in [4.69, 9.17) is 5.73 Å². The van der Waals surface area contributed by atoms with Crippen LogP contribution in [0.4, 0.5) is 0 Å². The van der Waals surface area contributed by atoms with Crippen molar-refractivity contribution in [3.63, 3.8) is 0 Å². The molecule has 2 heterocycles. The van der Waals surface area contributed by atoms with E-state index in [0.29, 0.717) is 38.6 Å². The van der Waals surface area contributed by atoms with Crippen LogP contribution in [0.15, 0.2) is 0 Å². The molecule has 0 aliphatic carbocycles. The summed E-state index contributed by atoms with van der Waals surface area (Å²) in [5, 5.41) is 26.6. The summed E-state index contributed by atoms with van der Waals surface area (Å²) < 4.78 is 0. The maximum atomic E-state index is 13.8. The Bertz CT molecular complexity index is 1100. The average Bonchev–Trinajstić information content (AvgIpc) is 3.63. The first-order chi connectivity index (χ1) is 20.6. The number of nitrogens with two attached hydrogens (primary N) is 1. The SMILES string of the molecule is CC[C@H](C)[C@H](NC(=O)[C@H](CC(=O)O)NC(=O)[C@@H]1CCCN1C(=O)[C@H](C)N)C(=O)N1CCC[C@H]1C(=O)N[C@@H](CC(C)C)C(=O)O. The molecule has 2 aliphatic rings. The first-order valence-corrected chi connectivity index (χ1v) is 15.3. The molecule has 44 heavy (non-hydrogen) atoms. The summed E-state index contributed by atoms with van der Waals surface area (Å²) in [5.41, 5.74) is 5.70. The number of rotatable bonds is 15. The minimum atomic E-state index is -1.54. The van der Waals surface area contributed by atoms with Gasteiger partial charge in [-0.15, -0.1) is 0 Å². The van der Waals surface area contributed by atoms with Crippen LogP contribution in [0.2, 0.25) is 0 Å². The normalized spacial score (nSPS) is 21.6. The number of carboxylic acids is 2. The van der Waals surface area contributed by atoms with Crippen LogP contribution in [0.1, 0.15) is 79.6 Å². The number of carbonyl (C=O) groups is 7. The molecule has 248 valence electrons. The number of carboxylic acid groups (broad SMARTS) is 2. The van der Waals surface area contributed by atoms with Gasteiger partial charge in [0.2, 0.25) is 29.5 Å². The predicted molar refractivity (Wildman–Crippen MR) is 158 cm³/mol. The molecular weight excluding hydrogens is 576 g/mol. The van der Waals surface area contributed by atoms with Gasteiger partial charge in [-0.1, -0.05) is 34.1 Å². The number of carbonyl (C=O) groups excluding carboxylic acids is 5. The van der Waals surface area contributed by atoms with Crippen molar-refractivity contribution < 1.29 is 43.8 Å². The average molecular weight is 625 g/mol. The third-order valence-electron chi connectivity index (χ3n) is 8.18. The largest absolute Gasteiger partial charge is 0.481 e. The van der Waals surface area contributed by atoms with E-state index in [1.165, 1.54) is 16.7 Å². The summed E-state index contributed by atoms with van der Waals surface area (Å²) in [7, 11) is 0. The van der Waals surface area contributed by atoms with Crippen LogP contribution in [-0.2, 0) is 33.6 Å². The molecule has 15 heteroatoms. The Kier molecular flexibility index (Phi) is 13.5. The highest BCUT2D eigenvalue weighted by molar-refractivity contribution is 5.97. The van der Waals surface area contributed by atoms with Gasteiger partial charge in [0.25, 0.3) is 0 Å². The van der Waals surface area contributed by atoms with Gasteiger partial charge in [0.15, 0.2) is 0 Å². The van der Waals surface area contributed by atoms with Gasteiger partial charge in [-0.05, 0) is 50.9 Å². The van der Waals surface area contributed by atoms with Crippen molar-refractivity contribution in [1.29, 1.82) is 0 Å². The number of aliphatic carboxylic acids is 2. The molecule has 2 saturated heterocycles. The molecule has 2 aliphatic heterocycles. The lowest BCUT2D eigenvalue weighted by molar-refractivity contribution is -0.146. The lowest BCUT2D eigenvalue weighted by Gasteiger charge is -2.33. The molecule has 0 radical (unpaired) electrons. The summed E-state index contributed by atoms with van der Waals surface area (Å²) >= 11 is 0. The van der Waals surface area contributed by atoms with Crippen LogP contribution >= 0.6 is 0 Å². The molecule has 0 spiro atoms. The van der Waals surface area contributed by atoms with E-state index in [1.54, 1.807) is 13.8 Å². The smallest absolute Gasteiger partial charge is 0.326 e. The van der Waals surface area contributed by atoms with E-state index >= 15 is 0 Å². The molecule has 2 fully saturated rings. The molecule has 0 unspecified atom stereocenters. The van der Waals surface area contributed by atoms with Crippen molar-refractivity contribution in [3.05, 3.63) is 0 Å². The number of amides is 5. The zero-order valence-corrected chi connectivity index (χ0v) is 26.2. The Labute approximate surface area is 257 Å². The first-order valence-electron chi connectivity index (χ1n) is 15.3. The van der Waals surface area contributed by atoms with E-state index in [-0.39, 0.29) is 18.9 Å². The third-order valence-corrected chi connectivity index (χ3v) is 8.18. The van der Waals surface area contributed by atoms with Gasteiger partial charge < -0.3 is 41.7 Å². The number of nitrogens with zero attached hydrogens (tertiary/aromatic N) is 2. The van der Waals surface area contributed by atoms with Crippen LogP contribution < -0.4 is 21.7 Å². The summed E-state index contributed by atoms with van der Waals surface area (Å²) in [4.78, 5) is 92.0. The highest BCUT2D eigenvalue weighted by Crippen LogP contribution is 2.23. The number of hydrogen-bond acceptors (Lipinski definition) is 8. The summed E-state index contributed by atoms with van der Waals surface area (Å²) in [6, 6.07) is -6.51. The molecule has 15 nitrogen and oxygen atoms in total. The molecule has 7 atom stereocenters. The standard InChI is InChI=1S/C29H48N6O9/c1-6-16(4)23(28(42)35-12-8-10-21(35)26(40)32-19(29(43)44)13-15(2)3)33-24(38)18(14-22(36)37)31-25(39)20-9-7-11-34(20)27(41)17(5)30/h15-21,23H,6-14,30H2,1-5H3,(H,31,39)(H,32,40)(H,33,38)(H,36,37)(H,43,44)/t16-,17-,18-,19-,20-,21-,23-/m0/s1. The fourth-order valence-corrected chi connectivity index (χ4v) is 5.60.